The van der Waals surface area contributed by atoms with E-state index in [-0.39, 0.29) is 10.9 Å². The summed E-state index contributed by atoms with van der Waals surface area (Å²) in [5.41, 5.74) is 5.84. The van der Waals surface area contributed by atoms with Crippen LogP contribution < -0.4 is 10.5 Å². The van der Waals surface area contributed by atoms with E-state index in [1.165, 1.54) is 12.4 Å². The van der Waals surface area contributed by atoms with Crippen LogP contribution in [0.3, 0.4) is 0 Å². The molecule has 1 aromatic heterocycles. The zero-order chi connectivity index (χ0) is 13.1. The van der Waals surface area contributed by atoms with E-state index in [4.69, 9.17) is 45.9 Å². The monoisotopic (exact) mass is 299 g/mol. The number of aromatic nitrogens is 2. The molecule has 0 unspecified atom stereocenters. The summed E-state index contributed by atoms with van der Waals surface area (Å²) in [6.45, 7) is 0. The molecule has 0 aliphatic rings. The highest BCUT2D eigenvalue weighted by molar-refractivity contribution is 7.80. The van der Waals surface area contributed by atoms with Crippen LogP contribution in [0.4, 0.5) is 0 Å². The van der Waals surface area contributed by atoms with Crippen molar-refractivity contribution in [2.45, 2.75) is 0 Å². The van der Waals surface area contributed by atoms with Gasteiger partial charge in [-0.05, 0) is 12.1 Å². The van der Waals surface area contributed by atoms with E-state index in [1.54, 1.807) is 18.2 Å². The molecule has 0 fully saturated rings. The lowest BCUT2D eigenvalue weighted by atomic mass is 10.3. The van der Waals surface area contributed by atoms with E-state index in [1.807, 2.05) is 0 Å². The summed E-state index contributed by atoms with van der Waals surface area (Å²) >= 11 is 16.6. The summed E-state index contributed by atoms with van der Waals surface area (Å²) in [5, 5.41) is 0.946. The summed E-state index contributed by atoms with van der Waals surface area (Å²) in [5.74, 6) is 0.681. The van der Waals surface area contributed by atoms with Crippen LogP contribution in [0.5, 0.6) is 11.6 Å². The Morgan fingerprint density at radius 3 is 2.61 bits per heavy atom. The van der Waals surface area contributed by atoms with Gasteiger partial charge in [-0.25, -0.2) is 9.97 Å². The highest BCUT2D eigenvalue weighted by Gasteiger charge is 2.06. The van der Waals surface area contributed by atoms with Crippen molar-refractivity contribution in [1.82, 2.24) is 9.97 Å². The normalized spacial score (nSPS) is 10.1. The summed E-state index contributed by atoms with van der Waals surface area (Å²) in [6.07, 6.45) is 2.84. The average Bonchev–Trinajstić information content (AvgIpc) is 2.34. The van der Waals surface area contributed by atoms with Crippen molar-refractivity contribution in [1.29, 1.82) is 0 Å². The molecule has 0 saturated heterocycles. The Bertz CT molecular complexity index is 589. The molecule has 0 saturated carbocycles. The first-order valence-electron chi connectivity index (χ1n) is 4.81. The summed E-state index contributed by atoms with van der Waals surface area (Å²) in [6, 6.07) is 4.89. The van der Waals surface area contributed by atoms with Gasteiger partial charge < -0.3 is 10.5 Å². The first-order valence-corrected chi connectivity index (χ1v) is 5.97. The Kier molecular flexibility index (Phi) is 3.96. The third kappa shape index (κ3) is 3.07. The molecule has 0 atom stereocenters. The molecule has 2 N–H and O–H groups in total. The lowest BCUT2D eigenvalue weighted by Crippen LogP contribution is -2.11. The average molecular weight is 300 g/mol. The first-order chi connectivity index (χ1) is 8.56. The Labute approximate surface area is 119 Å². The number of nitrogens with zero attached hydrogens (tertiary/aromatic N) is 2. The van der Waals surface area contributed by atoms with Gasteiger partial charge in [0, 0.05) is 11.1 Å². The van der Waals surface area contributed by atoms with Gasteiger partial charge >= 0.3 is 0 Å². The second-order valence-electron chi connectivity index (χ2n) is 3.28. The minimum Gasteiger partial charge on any atom is -0.436 e. The van der Waals surface area contributed by atoms with Crippen LogP contribution in [0.2, 0.25) is 10.0 Å². The van der Waals surface area contributed by atoms with Crippen LogP contribution in [0.1, 0.15) is 5.69 Å². The molecule has 1 aromatic carbocycles. The summed E-state index contributed by atoms with van der Waals surface area (Å²) in [7, 11) is 0. The number of thiocarbonyl (C=S) groups is 1. The number of ether oxygens (including phenoxy) is 1. The van der Waals surface area contributed by atoms with Crippen molar-refractivity contribution in [2.24, 2.45) is 5.73 Å². The van der Waals surface area contributed by atoms with Crippen molar-refractivity contribution in [3.05, 3.63) is 46.3 Å². The number of rotatable bonds is 3. The molecule has 2 rings (SSSR count). The van der Waals surface area contributed by atoms with Gasteiger partial charge in [-0.1, -0.05) is 35.4 Å². The highest BCUT2D eigenvalue weighted by Crippen LogP contribution is 2.30. The molecule has 0 aliphatic carbocycles. The second kappa shape index (κ2) is 5.48. The summed E-state index contributed by atoms with van der Waals surface area (Å²) in [4.78, 5) is 8.18. The van der Waals surface area contributed by atoms with Gasteiger partial charge in [0.15, 0.2) is 0 Å². The first kappa shape index (κ1) is 13.0. The van der Waals surface area contributed by atoms with E-state index in [2.05, 4.69) is 9.97 Å². The third-order valence-corrected chi connectivity index (χ3v) is 2.74. The Balaban J connectivity index is 2.23. The maximum Gasteiger partial charge on any atom is 0.237 e. The molecule has 2 aromatic rings. The van der Waals surface area contributed by atoms with Crippen LogP contribution in [0.15, 0.2) is 30.6 Å². The molecular weight excluding hydrogens is 293 g/mol. The topological polar surface area (TPSA) is 61.0 Å². The number of nitrogens with two attached hydrogens (primary N) is 1. The van der Waals surface area contributed by atoms with Crippen molar-refractivity contribution in [2.75, 3.05) is 0 Å². The standard InChI is InChI=1S/C11H7Cl2N3OS/c12-6-1-2-7(13)9(3-6)17-10-5-15-8(4-16-10)11(14)18/h1-5H,(H2,14,18). The molecule has 18 heavy (non-hydrogen) atoms. The van der Waals surface area contributed by atoms with Gasteiger partial charge in [-0.15, -0.1) is 0 Å². The van der Waals surface area contributed by atoms with Gasteiger partial charge in [-0.2, -0.15) is 0 Å². The number of hydrogen-bond donors (Lipinski definition) is 1. The molecule has 0 bridgehead atoms. The lowest BCUT2D eigenvalue weighted by Gasteiger charge is -2.06. The Morgan fingerprint density at radius 2 is 2.00 bits per heavy atom. The maximum absolute atomic E-state index is 5.96. The van der Waals surface area contributed by atoms with Crippen molar-refractivity contribution < 1.29 is 4.74 Å². The van der Waals surface area contributed by atoms with E-state index in [0.29, 0.717) is 21.5 Å². The fraction of sp³-hybridized carbons (Fsp3) is 0. The van der Waals surface area contributed by atoms with Crippen LogP contribution >= 0.6 is 35.4 Å². The number of benzene rings is 1. The SMILES string of the molecule is NC(=S)c1cnc(Oc2cc(Cl)ccc2Cl)cn1. The third-order valence-electron chi connectivity index (χ3n) is 1.99. The molecule has 1 heterocycles. The second-order valence-corrected chi connectivity index (χ2v) is 4.56. The van der Waals surface area contributed by atoms with Gasteiger partial charge in [0.05, 0.1) is 17.4 Å². The molecule has 0 amide bonds. The van der Waals surface area contributed by atoms with Crippen LogP contribution in [0.25, 0.3) is 0 Å². The molecule has 0 radical (unpaired) electrons. The molecule has 0 aliphatic heterocycles. The molecule has 7 heteroatoms. The van der Waals surface area contributed by atoms with Gasteiger partial charge in [0.1, 0.15) is 16.4 Å². The lowest BCUT2D eigenvalue weighted by molar-refractivity contribution is 0.460. The smallest absolute Gasteiger partial charge is 0.237 e. The van der Waals surface area contributed by atoms with E-state index < -0.39 is 0 Å². The summed E-state index contributed by atoms with van der Waals surface area (Å²) < 4.78 is 5.45. The quantitative estimate of drug-likeness (QED) is 0.882. The zero-order valence-electron chi connectivity index (χ0n) is 8.93. The zero-order valence-corrected chi connectivity index (χ0v) is 11.3. The Morgan fingerprint density at radius 1 is 1.22 bits per heavy atom. The molecule has 4 nitrogen and oxygen atoms in total. The van der Waals surface area contributed by atoms with E-state index in [0.717, 1.165) is 0 Å². The molecular formula is C11H7Cl2N3OS. The predicted octanol–water partition coefficient (Wildman–Crippen LogP) is 3.21. The molecule has 92 valence electrons. The van der Waals surface area contributed by atoms with Gasteiger partial charge in [0.2, 0.25) is 5.88 Å². The minimum atomic E-state index is 0.176. The highest BCUT2D eigenvalue weighted by atomic mass is 35.5. The van der Waals surface area contributed by atoms with Crippen LogP contribution in [-0.2, 0) is 0 Å². The minimum absolute atomic E-state index is 0.176. The van der Waals surface area contributed by atoms with Crippen LogP contribution in [-0.4, -0.2) is 15.0 Å². The van der Waals surface area contributed by atoms with Crippen molar-refractivity contribution >= 4 is 40.4 Å². The predicted molar refractivity (Wildman–Crippen MR) is 74.5 cm³/mol. The van der Waals surface area contributed by atoms with E-state index in [9.17, 15) is 0 Å². The fourth-order valence-electron chi connectivity index (χ4n) is 1.16. The fourth-order valence-corrected chi connectivity index (χ4v) is 1.59. The van der Waals surface area contributed by atoms with Gasteiger partial charge in [0.25, 0.3) is 0 Å². The van der Waals surface area contributed by atoms with Crippen molar-refractivity contribution in [3.63, 3.8) is 0 Å². The van der Waals surface area contributed by atoms with E-state index >= 15 is 0 Å². The van der Waals surface area contributed by atoms with Crippen LogP contribution in [0, 0.1) is 0 Å². The Hall–Kier alpha value is -1.43. The van der Waals surface area contributed by atoms with Crippen molar-refractivity contribution in [3.8, 4) is 11.6 Å². The van der Waals surface area contributed by atoms with Gasteiger partial charge in [-0.3, -0.25) is 0 Å². The largest absolute Gasteiger partial charge is 0.436 e. The molecule has 0 spiro atoms. The maximum atomic E-state index is 5.96. The number of hydrogen-bond acceptors (Lipinski definition) is 4. The number of halogens is 2.